The van der Waals surface area contributed by atoms with E-state index in [1.54, 1.807) is 0 Å². The predicted molar refractivity (Wildman–Crippen MR) is 89.2 cm³/mol. The van der Waals surface area contributed by atoms with Gasteiger partial charge in [0.15, 0.2) is 0 Å². The van der Waals surface area contributed by atoms with Gasteiger partial charge in [0, 0.05) is 29.1 Å². The van der Waals surface area contributed by atoms with Crippen molar-refractivity contribution in [2.75, 3.05) is 11.9 Å². The highest BCUT2D eigenvalue weighted by molar-refractivity contribution is 9.10. The summed E-state index contributed by atoms with van der Waals surface area (Å²) in [5.74, 6) is -0.0308. The first-order valence-corrected chi connectivity index (χ1v) is 7.87. The summed E-state index contributed by atoms with van der Waals surface area (Å²) in [7, 11) is 0. The molecule has 2 N–H and O–H groups in total. The van der Waals surface area contributed by atoms with E-state index in [9.17, 15) is 4.79 Å². The van der Waals surface area contributed by atoms with Crippen molar-refractivity contribution in [2.45, 2.75) is 26.4 Å². The Morgan fingerprint density at radius 3 is 2.95 bits per heavy atom. The van der Waals surface area contributed by atoms with Crippen LogP contribution in [0.5, 0.6) is 0 Å². The summed E-state index contributed by atoms with van der Waals surface area (Å²) < 4.78 is 2.85. The normalized spacial score (nSPS) is 10.6. The van der Waals surface area contributed by atoms with Crippen molar-refractivity contribution in [3.8, 4) is 0 Å². The number of aromatic nitrogens is 1. The number of carbonyl (C=O) groups is 1. The van der Waals surface area contributed by atoms with Crippen molar-refractivity contribution < 1.29 is 4.79 Å². The molecule has 0 unspecified atom stereocenters. The molecule has 0 aliphatic rings. The van der Waals surface area contributed by atoms with E-state index in [4.69, 9.17) is 0 Å². The fourth-order valence-corrected chi connectivity index (χ4v) is 2.43. The van der Waals surface area contributed by atoms with Gasteiger partial charge in [0.2, 0.25) is 5.91 Å². The maximum absolute atomic E-state index is 12.0. The number of rotatable bonds is 7. The molecular formula is C16H20BrN3O. The maximum Gasteiger partial charge on any atom is 0.244 e. The van der Waals surface area contributed by atoms with Crippen molar-refractivity contribution in [3.63, 3.8) is 0 Å². The zero-order chi connectivity index (χ0) is 15.1. The summed E-state index contributed by atoms with van der Waals surface area (Å²) in [6, 6.07) is 9.62. The molecule has 21 heavy (non-hydrogen) atoms. The van der Waals surface area contributed by atoms with Gasteiger partial charge in [-0.05, 0) is 42.8 Å². The molecular weight excluding hydrogens is 330 g/mol. The van der Waals surface area contributed by atoms with E-state index in [2.05, 4.69) is 33.5 Å². The highest BCUT2D eigenvalue weighted by atomic mass is 79.9. The lowest BCUT2D eigenvalue weighted by molar-refractivity contribution is -0.116. The Balaban J connectivity index is 1.85. The molecule has 0 atom stereocenters. The average Bonchev–Trinajstić information content (AvgIpc) is 2.86. The molecule has 0 aliphatic carbocycles. The van der Waals surface area contributed by atoms with Gasteiger partial charge in [0.25, 0.3) is 0 Å². The van der Waals surface area contributed by atoms with Crippen LogP contribution in [0.25, 0.3) is 0 Å². The van der Waals surface area contributed by atoms with E-state index >= 15 is 0 Å². The number of hydrogen-bond acceptors (Lipinski definition) is 2. The Kier molecular flexibility index (Phi) is 6.02. The Bertz CT molecular complexity index is 595. The molecule has 1 heterocycles. The molecule has 0 saturated heterocycles. The number of amides is 1. The summed E-state index contributed by atoms with van der Waals surface area (Å²) in [6.45, 7) is 4.31. The number of halogens is 1. The van der Waals surface area contributed by atoms with Crippen LogP contribution in [-0.2, 0) is 17.9 Å². The van der Waals surface area contributed by atoms with Gasteiger partial charge >= 0.3 is 0 Å². The molecule has 0 saturated carbocycles. The van der Waals surface area contributed by atoms with E-state index in [-0.39, 0.29) is 5.91 Å². The number of nitrogens with zero attached hydrogens (tertiary/aromatic N) is 1. The monoisotopic (exact) mass is 349 g/mol. The van der Waals surface area contributed by atoms with E-state index in [0.717, 1.165) is 29.7 Å². The molecule has 5 heteroatoms. The fraction of sp³-hybridized carbons (Fsp3) is 0.312. The van der Waals surface area contributed by atoms with E-state index < -0.39 is 0 Å². The third kappa shape index (κ3) is 5.36. The van der Waals surface area contributed by atoms with Crippen LogP contribution in [0.4, 0.5) is 5.69 Å². The topological polar surface area (TPSA) is 46.1 Å². The molecule has 2 aromatic rings. The Morgan fingerprint density at radius 1 is 1.33 bits per heavy atom. The highest BCUT2D eigenvalue weighted by Crippen LogP contribution is 2.15. The molecule has 0 bridgehead atoms. The molecule has 1 aromatic heterocycles. The average molecular weight is 350 g/mol. The molecule has 0 spiro atoms. The van der Waals surface area contributed by atoms with E-state index in [0.29, 0.717) is 6.54 Å². The lowest BCUT2D eigenvalue weighted by Crippen LogP contribution is -2.18. The van der Waals surface area contributed by atoms with Crippen molar-refractivity contribution in [3.05, 3.63) is 52.8 Å². The second-order valence-electron chi connectivity index (χ2n) is 4.93. The van der Waals surface area contributed by atoms with Crippen LogP contribution in [0.3, 0.4) is 0 Å². The number of benzene rings is 1. The standard InChI is InChI=1S/C16H20BrN3O/c1-2-7-18-10-13-6-8-20(11-13)12-16(21)19-15-5-3-4-14(17)9-15/h3-6,8-9,11,18H,2,7,10,12H2,1H3,(H,19,21). The summed E-state index contributed by atoms with van der Waals surface area (Å²) >= 11 is 3.39. The summed E-state index contributed by atoms with van der Waals surface area (Å²) in [5.41, 5.74) is 1.99. The van der Waals surface area contributed by atoms with Crippen LogP contribution in [0, 0.1) is 0 Å². The zero-order valence-electron chi connectivity index (χ0n) is 12.1. The first-order chi connectivity index (χ1) is 10.2. The lowest BCUT2D eigenvalue weighted by Gasteiger charge is -2.06. The van der Waals surface area contributed by atoms with Gasteiger partial charge in [0.05, 0.1) is 0 Å². The van der Waals surface area contributed by atoms with Gasteiger partial charge in [-0.3, -0.25) is 4.79 Å². The van der Waals surface area contributed by atoms with E-state index in [1.807, 2.05) is 47.3 Å². The molecule has 112 valence electrons. The number of anilines is 1. The van der Waals surface area contributed by atoms with Gasteiger partial charge in [-0.2, -0.15) is 0 Å². The summed E-state index contributed by atoms with van der Waals surface area (Å²) in [4.78, 5) is 12.0. The molecule has 0 fully saturated rings. The van der Waals surface area contributed by atoms with Crippen LogP contribution in [0.15, 0.2) is 47.2 Å². The van der Waals surface area contributed by atoms with Crippen LogP contribution < -0.4 is 10.6 Å². The Hall–Kier alpha value is -1.59. The largest absolute Gasteiger partial charge is 0.345 e. The van der Waals surface area contributed by atoms with Crippen molar-refractivity contribution in [2.24, 2.45) is 0 Å². The summed E-state index contributed by atoms with van der Waals surface area (Å²) in [5, 5.41) is 6.23. The molecule has 1 aromatic carbocycles. The molecule has 4 nitrogen and oxygen atoms in total. The van der Waals surface area contributed by atoms with Crippen LogP contribution >= 0.6 is 15.9 Å². The SMILES string of the molecule is CCCNCc1ccn(CC(=O)Nc2cccc(Br)c2)c1. The minimum Gasteiger partial charge on any atom is -0.345 e. The maximum atomic E-state index is 12.0. The fourth-order valence-electron chi connectivity index (χ4n) is 2.04. The second-order valence-corrected chi connectivity index (χ2v) is 5.84. The second kappa shape index (κ2) is 8.00. The number of hydrogen-bond donors (Lipinski definition) is 2. The van der Waals surface area contributed by atoms with Crippen LogP contribution in [0.1, 0.15) is 18.9 Å². The van der Waals surface area contributed by atoms with Crippen molar-refractivity contribution in [1.82, 2.24) is 9.88 Å². The zero-order valence-corrected chi connectivity index (χ0v) is 13.7. The van der Waals surface area contributed by atoms with Gasteiger partial charge in [-0.25, -0.2) is 0 Å². The van der Waals surface area contributed by atoms with Gasteiger partial charge in [-0.15, -0.1) is 0 Å². The lowest BCUT2D eigenvalue weighted by atomic mass is 10.3. The minimum atomic E-state index is -0.0308. The Morgan fingerprint density at radius 2 is 2.19 bits per heavy atom. The Labute approximate surface area is 133 Å². The molecule has 1 amide bonds. The smallest absolute Gasteiger partial charge is 0.244 e. The molecule has 0 radical (unpaired) electrons. The predicted octanol–water partition coefficient (Wildman–Crippen LogP) is 3.39. The quantitative estimate of drug-likeness (QED) is 0.752. The minimum absolute atomic E-state index is 0.0308. The van der Waals surface area contributed by atoms with E-state index in [1.165, 1.54) is 5.56 Å². The van der Waals surface area contributed by atoms with Crippen molar-refractivity contribution in [1.29, 1.82) is 0 Å². The molecule has 2 rings (SSSR count). The third-order valence-electron chi connectivity index (χ3n) is 3.00. The van der Waals surface area contributed by atoms with Gasteiger partial charge in [0.1, 0.15) is 6.54 Å². The van der Waals surface area contributed by atoms with Gasteiger partial charge < -0.3 is 15.2 Å². The van der Waals surface area contributed by atoms with Gasteiger partial charge in [-0.1, -0.05) is 28.9 Å². The van der Waals surface area contributed by atoms with Crippen molar-refractivity contribution >= 4 is 27.5 Å². The van der Waals surface area contributed by atoms with Crippen LogP contribution in [-0.4, -0.2) is 17.0 Å². The van der Waals surface area contributed by atoms with Crippen LogP contribution in [0.2, 0.25) is 0 Å². The summed E-state index contributed by atoms with van der Waals surface area (Å²) in [6.07, 6.45) is 5.06. The highest BCUT2D eigenvalue weighted by Gasteiger charge is 2.04. The first kappa shape index (κ1) is 15.8. The number of nitrogens with one attached hydrogen (secondary N) is 2. The number of carbonyl (C=O) groups excluding carboxylic acids is 1. The third-order valence-corrected chi connectivity index (χ3v) is 3.50. The first-order valence-electron chi connectivity index (χ1n) is 7.08. The molecule has 0 aliphatic heterocycles.